The van der Waals surface area contributed by atoms with Crippen molar-refractivity contribution in [2.75, 3.05) is 13.2 Å². The molecule has 1 aromatic rings. The lowest BCUT2D eigenvalue weighted by Crippen LogP contribution is -2.32. The third-order valence-electron chi connectivity index (χ3n) is 3.99. The van der Waals surface area contributed by atoms with Crippen LogP contribution >= 0.6 is 15.9 Å². The number of benzene rings is 1. The summed E-state index contributed by atoms with van der Waals surface area (Å²) in [5.41, 5.74) is 1.26. The first-order valence-electron chi connectivity index (χ1n) is 6.44. The third kappa shape index (κ3) is 2.42. The molecule has 1 aliphatic heterocycles. The minimum atomic E-state index is 0.191. The smallest absolute Gasteiger partial charge is 0.0960 e. The predicted octanol–water partition coefficient (Wildman–Crippen LogP) is 3.28. The molecule has 2 aliphatic rings. The Kier molecular flexibility index (Phi) is 3.50. The molecular formula is C14H18BrNO. The molecular weight excluding hydrogens is 278 g/mol. The van der Waals surface area contributed by atoms with Crippen LogP contribution in [0.25, 0.3) is 0 Å². The summed E-state index contributed by atoms with van der Waals surface area (Å²) >= 11 is 3.61. The van der Waals surface area contributed by atoms with E-state index in [2.05, 4.69) is 39.4 Å². The maximum atomic E-state index is 6.09. The topological polar surface area (TPSA) is 21.3 Å². The van der Waals surface area contributed by atoms with Crippen molar-refractivity contribution >= 4 is 15.9 Å². The summed E-state index contributed by atoms with van der Waals surface area (Å²) in [4.78, 5) is 0. The molecule has 3 rings (SSSR count). The van der Waals surface area contributed by atoms with E-state index in [-0.39, 0.29) is 6.10 Å². The van der Waals surface area contributed by atoms with Gasteiger partial charge in [-0.2, -0.15) is 0 Å². The standard InChI is InChI=1S/C14H18BrNO/c15-12-6-2-1-5-11(12)14-8-16-13-7-3-4-10(13)9-17-14/h1-2,5-6,10,13-14,16H,3-4,7-9H2. The Labute approximate surface area is 111 Å². The van der Waals surface area contributed by atoms with Gasteiger partial charge in [0, 0.05) is 17.1 Å². The fraction of sp³-hybridized carbons (Fsp3) is 0.571. The minimum absolute atomic E-state index is 0.191. The molecule has 0 bridgehead atoms. The quantitative estimate of drug-likeness (QED) is 0.858. The highest BCUT2D eigenvalue weighted by molar-refractivity contribution is 9.10. The Balaban J connectivity index is 1.75. The van der Waals surface area contributed by atoms with Crippen molar-refractivity contribution in [3.63, 3.8) is 0 Å². The molecule has 17 heavy (non-hydrogen) atoms. The van der Waals surface area contributed by atoms with Gasteiger partial charge in [0.2, 0.25) is 0 Å². The first-order chi connectivity index (χ1) is 8.34. The summed E-state index contributed by atoms with van der Waals surface area (Å²) in [6.45, 7) is 1.84. The summed E-state index contributed by atoms with van der Waals surface area (Å²) in [5.74, 6) is 0.725. The molecule has 1 aliphatic carbocycles. The SMILES string of the molecule is Brc1ccccc1C1CNC2CCCC2CO1. The Morgan fingerprint density at radius 3 is 3.00 bits per heavy atom. The largest absolute Gasteiger partial charge is 0.372 e. The average Bonchev–Trinajstić information content (AvgIpc) is 2.70. The number of halogens is 1. The number of fused-ring (bicyclic) bond motifs is 1. The van der Waals surface area contributed by atoms with Crippen LogP contribution in [0.1, 0.15) is 30.9 Å². The average molecular weight is 296 g/mol. The molecule has 0 radical (unpaired) electrons. The van der Waals surface area contributed by atoms with E-state index in [9.17, 15) is 0 Å². The van der Waals surface area contributed by atoms with Crippen molar-refractivity contribution in [2.24, 2.45) is 5.92 Å². The Morgan fingerprint density at radius 2 is 2.12 bits per heavy atom. The van der Waals surface area contributed by atoms with Crippen LogP contribution in [0, 0.1) is 5.92 Å². The predicted molar refractivity (Wildman–Crippen MR) is 72.0 cm³/mol. The van der Waals surface area contributed by atoms with Crippen LogP contribution in [-0.4, -0.2) is 19.2 Å². The second kappa shape index (κ2) is 5.09. The maximum absolute atomic E-state index is 6.09. The summed E-state index contributed by atoms with van der Waals surface area (Å²) in [6.07, 6.45) is 4.18. The first-order valence-corrected chi connectivity index (χ1v) is 7.23. The van der Waals surface area contributed by atoms with E-state index in [1.807, 2.05) is 6.07 Å². The normalized spacial score (nSPS) is 33.1. The van der Waals surface area contributed by atoms with E-state index in [0.717, 1.165) is 23.5 Å². The molecule has 1 N–H and O–H groups in total. The summed E-state index contributed by atoms with van der Waals surface area (Å²) in [6, 6.07) is 9.05. The molecule has 0 amide bonds. The monoisotopic (exact) mass is 295 g/mol. The van der Waals surface area contributed by atoms with E-state index in [1.54, 1.807) is 0 Å². The van der Waals surface area contributed by atoms with Crippen LogP contribution in [0.2, 0.25) is 0 Å². The molecule has 3 heteroatoms. The molecule has 0 aromatic heterocycles. The van der Waals surface area contributed by atoms with E-state index in [1.165, 1.54) is 24.8 Å². The number of rotatable bonds is 1. The van der Waals surface area contributed by atoms with Gasteiger partial charge in [-0.05, 0) is 30.4 Å². The van der Waals surface area contributed by atoms with E-state index >= 15 is 0 Å². The van der Waals surface area contributed by atoms with Gasteiger partial charge in [0.05, 0.1) is 12.7 Å². The van der Waals surface area contributed by atoms with E-state index < -0.39 is 0 Å². The second-order valence-electron chi connectivity index (χ2n) is 5.05. The number of ether oxygens (including phenoxy) is 1. The van der Waals surface area contributed by atoms with Gasteiger partial charge in [0.15, 0.2) is 0 Å². The van der Waals surface area contributed by atoms with Gasteiger partial charge in [0.25, 0.3) is 0 Å². The maximum Gasteiger partial charge on any atom is 0.0960 e. The van der Waals surface area contributed by atoms with Crippen molar-refractivity contribution < 1.29 is 4.74 Å². The summed E-state index contributed by atoms with van der Waals surface area (Å²) in [7, 11) is 0. The second-order valence-corrected chi connectivity index (χ2v) is 5.90. The summed E-state index contributed by atoms with van der Waals surface area (Å²) < 4.78 is 7.24. The molecule has 2 fully saturated rings. The zero-order chi connectivity index (χ0) is 11.7. The van der Waals surface area contributed by atoms with Crippen molar-refractivity contribution in [3.05, 3.63) is 34.3 Å². The highest BCUT2D eigenvalue weighted by Crippen LogP contribution is 2.33. The van der Waals surface area contributed by atoms with Crippen LogP contribution in [0.4, 0.5) is 0 Å². The Morgan fingerprint density at radius 1 is 1.24 bits per heavy atom. The van der Waals surface area contributed by atoms with Gasteiger partial charge in [0.1, 0.15) is 0 Å². The fourth-order valence-electron chi connectivity index (χ4n) is 3.00. The lowest BCUT2D eigenvalue weighted by molar-refractivity contribution is 0.0469. The van der Waals surface area contributed by atoms with Crippen LogP contribution < -0.4 is 5.32 Å². The molecule has 1 aromatic carbocycles. The number of hydrogen-bond acceptors (Lipinski definition) is 2. The fourth-order valence-corrected chi connectivity index (χ4v) is 3.54. The number of nitrogens with one attached hydrogen (secondary N) is 1. The molecule has 1 saturated heterocycles. The van der Waals surface area contributed by atoms with Gasteiger partial charge < -0.3 is 10.1 Å². The summed E-state index contributed by atoms with van der Waals surface area (Å²) in [5, 5.41) is 3.67. The van der Waals surface area contributed by atoms with Crippen LogP contribution in [0.15, 0.2) is 28.7 Å². The van der Waals surface area contributed by atoms with E-state index in [0.29, 0.717) is 6.04 Å². The Hall–Kier alpha value is -0.380. The van der Waals surface area contributed by atoms with Crippen LogP contribution in [0.3, 0.4) is 0 Å². The molecule has 3 unspecified atom stereocenters. The third-order valence-corrected chi connectivity index (χ3v) is 4.71. The van der Waals surface area contributed by atoms with Gasteiger partial charge in [-0.1, -0.05) is 40.5 Å². The Bertz CT molecular complexity index is 382. The number of hydrogen-bond donors (Lipinski definition) is 1. The van der Waals surface area contributed by atoms with Gasteiger partial charge >= 0.3 is 0 Å². The van der Waals surface area contributed by atoms with Crippen molar-refractivity contribution in [2.45, 2.75) is 31.4 Å². The van der Waals surface area contributed by atoms with Gasteiger partial charge in [-0.3, -0.25) is 0 Å². The molecule has 1 heterocycles. The lowest BCUT2D eigenvalue weighted by atomic mass is 10.1. The molecule has 92 valence electrons. The van der Waals surface area contributed by atoms with Crippen molar-refractivity contribution in [3.8, 4) is 0 Å². The van der Waals surface area contributed by atoms with Gasteiger partial charge in [-0.25, -0.2) is 0 Å². The van der Waals surface area contributed by atoms with Gasteiger partial charge in [-0.15, -0.1) is 0 Å². The first kappa shape index (κ1) is 11.7. The van der Waals surface area contributed by atoms with E-state index in [4.69, 9.17) is 4.74 Å². The molecule has 3 atom stereocenters. The highest BCUT2D eigenvalue weighted by Gasteiger charge is 2.31. The lowest BCUT2D eigenvalue weighted by Gasteiger charge is -2.17. The molecule has 0 spiro atoms. The van der Waals surface area contributed by atoms with Crippen molar-refractivity contribution in [1.29, 1.82) is 0 Å². The molecule has 1 saturated carbocycles. The van der Waals surface area contributed by atoms with Crippen LogP contribution in [-0.2, 0) is 4.74 Å². The zero-order valence-corrected chi connectivity index (χ0v) is 11.4. The van der Waals surface area contributed by atoms with Crippen LogP contribution in [0.5, 0.6) is 0 Å². The zero-order valence-electron chi connectivity index (χ0n) is 9.86. The minimum Gasteiger partial charge on any atom is -0.372 e. The van der Waals surface area contributed by atoms with Crippen molar-refractivity contribution in [1.82, 2.24) is 5.32 Å². The highest BCUT2D eigenvalue weighted by atomic mass is 79.9. The molecule has 2 nitrogen and oxygen atoms in total.